The summed E-state index contributed by atoms with van der Waals surface area (Å²) < 4.78 is 0. The van der Waals surface area contributed by atoms with Crippen molar-refractivity contribution in [3.05, 3.63) is 114 Å². The van der Waals surface area contributed by atoms with Gasteiger partial charge in [-0.15, -0.1) is 0 Å². The first-order valence-electron chi connectivity index (χ1n) is 14.5. The fraction of sp³-hybridized carbons (Fsp3) is 0.351. The molecule has 0 saturated heterocycles. The molecule has 0 fully saturated rings. The molecule has 196 valence electrons. The number of unbranched alkanes of at least 4 members (excludes halogenated alkanes) is 2. The smallest absolute Gasteiger partial charge is 0.0654 e. The minimum absolute atomic E-state index is 0.103. The Morgan fingerprint density at radius 3 is 1.68 bits per heavy atom. The molecule has 0 atom stereocenters. The van der Waals surface area contributed by atoms with E-state index in [-0.39, 0.29) is 21.7 Å². The Hall–Kier alpha value is -2.77. The molecule has 0 bridgehead atoms. The average molecular weight is 520 g/mol. The second-order valence-corrected chi connectivity index (χ2v) is 14.0. The van der Waals surface area contributed by atoms with Gasteiger partial charge in [0, 0.05) is 5.41 Å². The van der Waals surface area contributed by atoms with Crippen molar-refractivity contribution in [1.29, 1.82) is 0 Å². The maximum absolute atomic E-state index is 2.61. The van der Waals surface area contributed by atoms with Crippen LogP contribution in [0.5, 0.6) is 0 Å². The van der Waals surface area contributed by atoms with Crippen LogP contribution in [0, 0.1) is 0 Å². The minimum Gasteiger partial charge on any atom is -0.0654 e. The van der Waals surface area contributed by atoms with Crippen LogP contribution in [0.15, 0.2) is 112 Å². The number of fused-ring (bicyclic) bond motifs is 3. The number of benzene rings is 4. The van der Waals surface area contributed by atoms with Crippen molar-refractivity contribution in [1.82, 2.24) is 0 Å². The van der Waals surface area contributed by atoms with E-state index in [1.807, 2.05) is 0 Å². The molecule has 1 aliphatic rings. The van der Waals surface area contributed by atoms with Gasteiger partial charge in [-0.1, -0.05) is 115 Å². The normalized spacial score (nSPS) is 13.9. The van der Waals surface area contributed by atoms with E-state index in [2.05, 4.69) is 132 Å². The van der Waals surface area contributed by atoms with Crippen molar-refractivity contribution < 1.29 is 0 Å². The van der Waals surface area contributed by atoms with Gasteiger partial charge in [0.1, 0.15) is 0 Å². The first-order valence-corrected chi connectivity index (χ1v) is 15.8. The number of rotatable bonds is 9. The summed E-state index contributed by atoms with van der Waals surface area (Å²) in [6, 6.07) is 37.1. The first-order chi connectivity index (χ1) is 18.4. The summed E-state index contributed by atoms with van der Waals surface area (Å²) >= 11 is 0. The molecular formula is C37H43S+. The van der Waals surface area contributed by atoms with E-state index in [4.69, 9.17) is 0 Å². The van der Waals surface area contributed by atoms with Crippen LogP contribution in [0.2, 0.25) is 0 Å². The molecule has 4 aromatic rings. The molecule has 5 rings (SSSR count). The predicted octanol–water partition coefficient (Wildman–Crippen LogP) is 10.7. The highest BCUT2D eigenvalue weighted by atomic mass is 32.2. The van der Waals surface area contributed by atoms with Crippen LogP contribution < -0.4 is 0 Å². The van der Waals surface area contributed by atoms with Gasteiger partial charge in [-0.3, -0.25) is 0 Å². The van der Waals surface area contributed by atoms with Gasteiger partial charge in [-0.25, -0.2) is 0 Å². The fourth-order valence-corrected chi connectivity index (χ4v) is 8.33. The highest BCUT2D eigenvalue weighted by molar-refractivity contribution is 7.97. The summed E-state index contributed by atoms with van der Waals surface area (Å²) in [4.78, 5) is 4.20. The predicted molar refractivity (Wildman–Crippen MR) is 165 cm³/mol. The lowest BCUT2D eigenvalue weighted by molar-refractivity contribution is 0.414. The Bertz CT molecular complexity index is 1310. The second kappa shape index (κ2) is 11.1. The lowest BCUT2D eigenvalue weighted by Crippen LogP contribution is -2.26. The molecule has 0 aliphatic heterocycles. The average Bonchev–Trinajstić information content (AvgIpc) is 3.20. The van der Waals surface area contributed by atoms with Gasteiger partial charge in [-0.05, 0) is 88.5 Å². The molecular weight excluding hydrogens is 476 g/mol. The third kappa shape index (κ3) is 4.98. The second-order valence-electron chi connectivity index (χ2n) is 11.9. The van der Waals surface area contributed by atoms with Crippen molar-refractivity contribution in [2.45, 2.75) is 98.7 Å². The number of hydrogen-bond acceptors (Lipinski definition) is 0. The zero-order valence-corrected chi connectivity index (χ0v) is 24.7. The molecule has 0 heterocycles. The maximum Gasteiger partial charge on any atom is 0.166 e. The maximum atomic E-state index is 2.61. The molecule has 0 unspecified atom stereocenters. The summed E-state index contributed by atoms with van der Waals surface area (Å²) in [6.07, 6.45) is 7.44. The first kappa shape index (κ1) is 26.8. The van der Waals surface area contributed by atoms with Crippen LogP contribution in [0.1, 0.15) is 89.8 Å². The van der Waals surface area contributed by atoms with Gasteiger partial charge in [-0.2, -0.15) is 0 Å². The standard InChI is InChI=1S/C37H43S/c1-6-8-24-37(25-9-7-2)34-23-20-28(36(3,4)5)26-33(34)32-22-21-31(27-35(32)37)38(29-16-12-10-13-17-29)30-18-14-11-15-19-30/h10-23,26-27H,6-9,24-25H2,1-5H3/q+1. The molecule has 0 spiro atoms. The zero-order valence-electron chi connectivity index (χ0n) is 23.9. The lowest BCUT2D eigenvalue weighted by atomic mass is 9.70. The monoisotopic (exact) mass is 519 g/mol. The van der Waals surface area contributed by atoms with E-state index in [9.17, 15) is 0 Å². The third-order valence-electron chi connectivity index (χ3n) is 8.31. The topological polar surface area (TPSA) is 0 Å². The largest absolute Gasteiger partial charge is 0.166 e. The van der Waals surface area contributed by atoms with Crippen LogP contribution in [0.3, 0.4) is 0 Å². The quantitative estimate of drug-likeness (QED) is 0.193. The summed E-state index contributed by atoms with van der Waals surface area (Å²) in [6.45, 7) is 11.7. The molecule has 0 N–H and O–H groups in total. The summed E-state index contributed by atoms with van der Waals surface area (Å²) in [7, 11) is -0.135. The Kier molecular flexibility index (Phi) is 7.87. The van der Waals surface area contributed by atoms with Gasteiger partial charge >= 0.3 is 0 Å². The van der Waals surface area contributed by atoms with Gasteiger partial charge < -0.3 is 0 Å². The molecule has 0 saturated carbocycles. The van der Waals surface area contributed by atoms with Crippen molar-refractivity contribution in [3.63, 3.8) is 0 Å². The molecule has 4 aromatic carbocycles. The van der Waals surface area contributed by atoms with Crippen LogP contribution >= 0.6 is 0 Å². The van der Waals surface area contributed by atoms with E-state index >= 15 is 0 Å². The highest BCUT2D eigenvalue weighted by Gasteiger charge is 2.44. The molecule has 1 heteroatoms. The Labute approximate surface area is 233 Å². The van der Waals surface area contributed by atoms with Crippen LogP contribution in [0.25, 0.3) is 11.1 Å². The molecule has 0 aromatic heterocycles. The summed E-state index contributed by atoms with van der Waals surface area (Å²) in [5.74, 6) is 0. The van der Waals surface area contributed by atoms with Crippen molar-refractivity contribution >= 4 is 10.9 Å². The Morgan fingerprint density at radius 2 is 1.16 bits per heavy atom. The molecule has 0 nitrogen and oxygen atoms in total. The van der Waals surface area contributed by atoms with Crippen molar-refractivity contribution in [3.8, 4) is 11.1 Å². The SMILES string of the molecule is CCCCC1(CCCC)c2ccc(C(C)(C)C)cc2-c2ccc([S+](c3ccccc3)c3ccccc3)cc21. The third-order valence-corrected chi connectivity index (χ3v) is 10.5. The number of hydrogen-bond donors (Lipinski definition) is 0. The van der Waals surface area contributed by atoms with E-state index in [1.165, 1.54) is 69.9 Å². The molecule has 0 radical (unpaired) electrons. The zero-order chi connectivity index (χ0) is 26.8. The van der Waals surface area contributed by atoms with E-state index in [1.54, 1.807) is 11.1 Å². The van der Waals surface area contributed by atoms with Crippen LogP contribution in [-0.4, -0.2) is 0 Å². The highest BCUT2D eigenvalue weighted by Crippen LogP contribution is 2.55. The minimum atomic E-state index is -0.135. The van der Waals surface area contributed by atoms with E-state index in [0.29, 0.717) is 0 Å². The van der Waals surface area contributed by atoms with Crippen molar-refractivity contribution in [2.24, 2.45) is 0 Å². The molecule has 1 aliphatic carbocycles. The summed E-state index contributed by atoms with van der Waals surface area (Å²) in [5.41, 5.74) is 7.76. The fourth-order valence-electron chi connectivity index (χ4n) is 6.22. The van der Waals surface area contributed by atoms with Gasteiger partial charge in [0.05, 0.1) is 10.9 Å². The Morgan fingerprint density at radius 1 is 0.579 bits per heavy atom. The van der Waals surface area contributed by atoms with Gasteiger partial charge in [0.15, 0.2) is 14.7 Å². The van der Waals surface area contributed by atoms with Gasteiger partial charge in [0.25, 0.3) is 0 Å². The van der Waals surface area contributed by atoms with E-state index in [0.717, 1.165) is 0 Å². The Balaban J connectivity index is 1.74. The van der Waals surface area contributed by atoms with Gasteiger partial charge in [0.2, 0.25) is 0 Å². The van der Waals surface area contributed by atoms with Crippen molar-refractivity contribution in [2.75, 3.05) is 0 Å². The summed E-state index contributed by atoms with van der Waals surface area (Å²) in [5, 5.41) is 0. The lowest BCUT2D eigenvalue weighted by Gasteiger charge is -2.33. The van der Waals surface area contributed by atoms with Crippen LogP contribution in [-0.2, 0) is 21.7 Å². The molecule has 38 heavy (non-hydrogen) atoms. The van der Waals surface area contributed by atoms with E-state index < -0.39 is 0 Å². The molecule has 0 amide bonds. The van der Waals surface area contributed by atoms with Crippen LogP contribution in [0.4, 0.5) is 0 Å².